The largest absolute Gasteiger partial charge is 0.490 e. The molecule has 1 atom stereocenters. The first-order valence-electron chi connectivity index (χ1n) is 11.3. The van der Waals surface area contributed by atoms with E-state index < -0.39 is 11.2 Å². The predicted molar refractivity (Wildman–Crippen MR) is 123 cm³/mol. The average molecular weight is 485 g/mol. The van der Waals surface area contributed by atoms with Crippen LogP contribution in [0.2, 0.25) is 0 Å². The molecule has 0 saturated carbocycles. The summed E-state index contributed by atoms with van der Waals surface area (Å²) in [6.45, 7) is 9.47. The van der Waals surface area contributed by atoms with Crippen LogP contribution in [0.25, 0.3) is 0 Å². The summed E-state index contributed by atoms with van der Waals surface area (Å²) >= 11 is 0. The predicted octanol–water partition coefficient (Wildman–Crippen LogP) is 2.77. The molecule has 0 fully saturated rings. The van der Waals surface area contributed by atoms with Crippen molar-refractivity contribution in [1.29, 1.82) is 0 Å². The summed E-state index contributed by atoms with van der Waals surface area (Å²) in [5, 5.41) is 9.33. The highest BCUT2D eigenvalue weighted by Gasteiger charge is 2.23. The molecule has 1 aromatic rings. The molecule has 0 radical (unpaired) electrons. The zero-order valence-electron chi connectivity index (χ0n) is 20.3. The lowest BCUT2D eigenvalue weighted by Gasteiger charge is -2.30. The second-order valence-corrected chi connectivity index (χ2v) is 8.08. The topological polar surface area (TPSA) is 127 Å². The Kier molecular flexibility index (Phi) is 14.3. The SMILES string of the molecule is CC(C)OCCOCc1ccc(OCC(CN(C(=O)CCCO[N+](=O)[O-])C(C)C)OC=O)cc1. The molecule has 11 nitrogen and oxygen atoms in total. The minimum atomic E-state index is -0.890. The number of amides is 1. The lowest BCUT2D eigenvalue weighted by Crippen LogP contribution is -2.44. The van der Waals surface area contributed by atoms with Gasteiger partial charge in [0.2, 0.25) is 5.91 Å². The standard InChI is InChI=1S/C23H36N2O9/c1-18(2)24(23(27)6-5-11-34-25(28)29)14-22(33-17-26)16-32-21-9-7-20(8-10-21)15-30-12-13-31-19(3)4/h7-10,17-19,22H,5-6,11-16H2,1-4H3. The van der Waals surface area contributed by atoms with E-state index in [4.69, 9.17) is 18.9 Å². The van der Waals surface area contributed by atoms with Gasteiger partial charge >= 0.3 is 0 Å². The van der Waals surface area contributed by atoms with Crippen molar-refractivity contribution < 1.29 is 38.5 Å². The summed E-state index contributed by atoms with van der Waals surface area (Å²) in [7, 11) is 0. The van der Waals surface area contributed by atoms with Crippen LogP contribution in [0.15, 0.2) is 24.3 Å². The molecule has 0 aliphatic rings. The number of rotatable bonds is 19. The van der Waals surface area contributed by atoms with Crippen molar-refractivity contribution >= 4 is 12.4 Å². The normalized spacial score (nSPS) is 11.8. The van der Waals surface area contributed by atoms with E-state index in [0.717, 1.165) is 5.56 Å². The fraction of sp³-hybridized carbons (Fsp3) is 0.652. The molecule has 0 bridgehead atoms. The van der Waals surface area contributed by atoms with Crippen molar-refractivity contribution in [2.24, 2.45) is 0 Å². The molecular formula is C23H36N2O9. The molecule has 0 aliphatic carbocycles. The van der Waals surface area contributed by atoms with Crippen LogP contribution in [0, 0.1) is 10.1 Å². The maximum Gasteiger partial charge on any atom is 0.294 e. The lowest BCUT2D eigenvalue weighted by atomic mass is 10.2. The molecular weight excluding hydrogens is 448 g/mol. The number of ether oxygens (including phenoxy) is 4. The van der Waals surface area contributed by atoms with Gasteiger partial charge in [-0.1, -0.05) is 12.1 Å². The molecule has 1 amide bonds. The summed E-state index contributed by atoms with van der Waals surface area (Å²) in [6.07, 6.45) is -0.219. The lowest BCUT2D eigenvalue weighted by molar-refractivity contribution is -0.757. The first-order chi connectivity index (χ1) is 16.2. The third-order valence-electron chi connectivity index (χ3n) is 4.63. The second-order valence-electron chi connectivity index (χ2n) is 8.08. The van der Waals surface area contributed by atoms with Gasteiger partial charge in [-0.2, -0.15) is 0 Å². The van der Waals surface area contributed by atoms with Gasteiger partial charge in [0, 0.05) is 12.5 Å². The number of carbonyl (C=O) groups excluding carboxylic acids is 2. The third-order valence-corrected chi connectivity index (χ3v) is 4.63. The van der Waals surface area contributed by atoms with Gasteiger partial charge in [-0.15, -0.1) is 10.1 Å². The quantitative estimate of drug-likeness (QED) is 0.126. The van der Waals surface area contributed by atoms with E-state index in [0.29, 0.717) is 32.0 Å². The minimum absolute atomic E-state index is 0.0576. The van der Waals surface area contributed by atoms with E-state index in [2.05, 4.69) is 4.84 Å². The monoisotopic (exact) mass is 484 g/mol. The summed E-state index contributed by atoms with van der Waals surface area (Å²) < 4.78 is 21.9. The first-order valence-corrected chi connectivity index (χ1v) is 11.3. The number of nitrogens with zero attached hydrogens (tertiary/aromatic N) is 2. The van der Waals surface area contributed by atoms with Gasteiger partial charge in [0.25, 0.3) is 11.6 Å². The van der Waals surface area contributed by atoms with Gasteiger partial charge in [-0.05, 0) is 51.8 Å². The molecule has 11 heteroatoms. The van der Waals surface area contributed by atoms with Crippen LogP contribution < -0.4 is 4.74 Å². The maximum atomic E-state index is 12.5. The Balaban J connectivity index is 2.52. The van der Waals surface area contributed by atoms with Gasteiger partial charge in [0.1, 0.15) is 12.4 Å². The number of benzene rings is 1. The molecule has 0 spiro atoms. The van der Waals surface area contributed by atoms with Crippen LogP contribution in [-0.2, 0) is 35.2 Å². The van der Waals surface area contributed by atoms with Crippen LogP contribution in [0.4, 0.5) is 0 Å². The zero-order chi connectivity index (χ0) is 25.3. The fourth-order valence-electron chi connectivity index (χ4n) is 2.94. The van der Waals surface area contributed by atoms with Crippen LogP contribution in [0.1, 0.15) is 46.1 Å². The fourth-order valence-corrected chi connectivity index (χ4v) is 2.94. The Labute approximate surface area is 200 Å². The summed E-state index contributed by atoms with van der Waals surface area (Å²) in [6, 6.07) is 7.19. The molecule has 0 saturated heterocycles. The summed E-state index contributed by atoms with van der Waals surface area (Å²) in [4.78, 5) is 39.5. The highest BCUT2D eigenvalue weighted by molar-refractivity contribution is 5.76. The molecule has 34 heavy (non-hydrogen) atoms. The Morgan fingerprint density at radius 2 is 1.82 bits per heavy atom. The van der Waals surface area contributed by atoms with E-state index in [-0.39, 0.29) is 50.7 Å². The molecule has 0 N–H and O–H groups in total. The van der Waals surface area contributed by atoms with Gasteiger partial charge in [0.05, 0.1) is 39.1 Å². The smallest absolute Gasteiger partial charge is 0.294 e. The highest BCUT2D eigenvalue weighted by atomic mass is 16.9. The Bertz CT molecular complexity index is 726. The van der Waals surface area contributed by atoms with Crippen LogP contribution in [0.5, 0.6) is 5.75 Å². The first kappa shape index (κ1) is 29.1. The molecule has 1 rings (SSSR count). The van der Waals surface area contributed by atoms with Gasteiger partial charge in [-0.3, -0.25) is 9.59 Å². The van der Waals surface area contributed by atoms with Crippen molar-refractivity contribution in [1.82, 2.24) is 4.90 Å². The van der Waals surface area contributed by atoms with Crippen molar-refractivity contribution in [3.63, 3.8) is 0 Å². The minimum Gasteiger partial charge on any atom is -0.490 e. The van der Waals surface area contributed by atoms with Crippen molar-refractivity contribution in [3.8, 4) is 5.75 Å². The molecule has 0 heterocycles. The highest BCUT2D eigenvalue weighted by Crippen LogP contribution is 2.15. The molecule has 0 aliphatic heterocycles. The van der Waals surface area contributed by atoms with Gasteiger partial charge < -0.3 is 28.7 Å². The van der Waals surface area contributed by atoms with Crippen LogP contribution >= 0.6 is 0 Å². The van der Waals surface area contributed by atoms with E-state index in [1.807, 2.05) is 39.8 Å². The van der Waals surface area contributed by atoms with E-state index in [9.17, 15) is 19.7 Å². The Morgan fingerprint density at radius 3 is 2.41 bits per heavy atom. The van der Waals surface area contributed by atoms with Crippen molar-refractivity contribution in [2.45, 2.75) is 65.4 Å². The Hall–Kier alpha value is -2.92. The molecule has 192 valence electrons. The summed E-state index contributed by atoms with van der Waals surface area (Å²) in [5.74, 6) is 0.371. The third kappa shape index (κ3) is 12.9. The summed E-state index contributed by atoms with van der Waals surface area (Å²) in [5.41, 5.74) is 0.982. The number of hydrogen-bond donors (Lipinski definition) is 0. The molecule has 1 aromatic carbocycles. The van der Waals surface area contributed by atoms with E-state index in [1.54, 1.807) is 17.0 Å². The second kappa shape index (κ2) is 16.7. The van der Waals surface area contributed by atoms with E-state index in [1.165, 1.54) is 0 Å². The maximum absolute atomic E-state index is 12.5. The van der Waals surface area contributed by atoms with Crippen LogP contribution in [-0.4, -0.2) is 73.6 Å². The average Bonchev–Trinajstić information content (AvgIpc) is 2.78. The van der Waals surface area contributed by atoms with Crippen molar-refractivity contribution in [2.75, 3.05) is 33.0 Å². The van der Waals surface area contributed by atoms with Gasteiger partial charge in [-0.25, -0.2) is 0 Å². The van der Waals surface area contributed by atoms with Crippen LogP contribution in [0.3, 0.4) is 0 Å². The Morgan fingerprint density at radius 1 is 1.12 bits per heavy atom. The van der Waals surface area contributed by atoms with Crippen molar-refractivity contribution in [3.05, 3.63) is 39.9 Å². The zero-order valence-corrected chi connectivity index (χ0v) is 20.3. The molecule has 0 aromatic heterocycles. The van der Waals surface area contributed by atoms with Gasteiger partial charge in [0.15, 0.2) is 6.10 Å². The van der Waals surface area contributed by atoms with E-state index >= 15 is 0 Å². The number of hydrogen-bond acceptors (Lipinski definition) is 9. The molecule has 1 unspecified atom stereocenters. The number of carbonyl (C=O) groups is 2.